The monoisotopic (exact) mass is 300 g/mol. The third-order valence-electron chi connectivity index (χ3n) is 3.74. The molecule has 0 spiro atoms. The first kappa shape index (κ1) is 12.6. The number of hydrogen-bond donors (Lipinski definition) is 1. The second-order valence-corrected chi connectivity index (χ2v) is 5.58. The van der Waals surface area contributed by atoms with Crippen LogP contribution in [0.25, 0.3) is 0 Å². The second-order valence-electron chi connectivity index (χ2n) is 4.73. The fraction of sp³-hybridized carbons (Fsp3) is 0.462. The molecule has 1 aliphatic carbocycles. The van der Waals surface area contributed by atoms with E-state index >= 15 is 0 Å². The number of aliphatic carboxylic acids is 1. The first-order valence-electron chi connectivity index (χ1n) is 5.59. The number of halogens is 2. The van der Waals surface area contributed by atoms with Crippen molar-refractivity contribution in [2.24, 2.45) is 0 Å². The average molecular weight is 301 g/mol. The van der Waals surface area contributed by atoms with Gasteiger partial charge >= 0.3 is 5.97 Å². The van der Waals surface area contributed by atoms with Gasteiger partial charge in [0.25, 0.3) is 0 Å². The summed E-state index contributed by atoms with van der Waals surface area (Å²) in [6, 6.07) is 1.70. The molecule has 1 aliphatic rings. The Hall–Kier alpha value is -0.900. The lowest BCUT2D eigenvalue weighted by molar-refractivity contribution is -0.147. The summed E-state index contributed by atoms with van der Waals surface area (Å²) in [5.41, 5.74) is 0.547. The molecule has 0 heterocycles. The van der Waals surface area contributed by atoms with E-state index < -0.39 is 11.4 Å². The quantitative estimate of drug-likeness (QED) is 0.904. The van der Waals surface area contributed by atoms with Crippen molar-refractivity contribution in [3.05, 3.63) is 33.0 Å². The molecule has 0 aliphatic heterocycles. The van der Waals surface area contributed by atoms with Crippen LogP contribution in [0.3, 0.4) is 0 Å². The molecule has 1 fully saturated rings. The maximum absolute atomic E-state index is 14.2. The standard InChI is InChI=1S/C13H14BrFO2/c1-7-6-9(14)8(2)10(11(7)15)13(12(16)17)4-3-5-13/h6H,3-5H2,1-2H3,(H,16,17). The lowest BCUT2D eigenvalue weighted by Gasteiger charge is -2.39. The molecule has 92 valence electrons. The smallest absolute Gasteiger partial charge is 0.314 e. The van der Waals surface area contributed by atoms with Crippen molar-refractivity contribution in [3.63, 3.8) is 0 Å². The number of benzene rings is 1. The number of aryl methyl sites for hydroxylation is 1. The van der Waals surface area contributed by atoms with E-state index in [-0.39, 0.29) is 5.82 Å². The summed E-state index contributed by atoms with van der Waals surface area (Å²) in [5, 5.41) is 9.39. The number of rotatable bonds is 2. The van der Waals surface area contributed by atoms with Gasteiger partial charge in [-0.1, -0.05) is 22.4 Å². The minimum absolute atomic E-state index is 0.364. The molecule has 1 aromatic carbocycles. The molecule has 0 radical (unpaired) electrons. The summed E-state index contributed by atoms with van der Waals surface area (Å²) in [6.07, 6.45) is 1.89. The molecular formula is C13H14BrFO2. The third-order valence-corrected chi connectivity index (χ3v) is 4.56. The molecule has 0 unspecified atom stereocenters. The van der Waals surface area contributed by atoms with Crippen molar-refractivity contribution in [1.82, 2.24) is 0 Å². The van der Waals surface area contributed by atoms with E-state index in [1.54, 1.807) is 19.9 Å². The number of hydrogen-bond acceptors (Lipinski definition) is 1. The van der Waals surface area contributed by atoms with Gasteiger partial charge in [-0.05, 0) is 43.9 Å². The normalized spacial score (nSPS) is 17.6. The topological polar surface area (TPSA) is 37.3 Å². The lowest BCUT2D eigenvalue weighted by atomic mass is 9.63. The van der Waals surface area contributed by atoms with Crippen molar-refractivity contribution in [3.8, 4) is 0 Å². The van der Waals surface area contributed by atoms with Gasteiger partial charge in [-0.25, -0.2) is 4.39 Å². The van der Waals surface area contributed by atoms with Gasteiger partial charge in [-0.2, -0.15) is 0 Å². The largest absolute Gasteiger partial charge is 0.481 e. The van der Waals surface area contributed by atoms with Crippen LogP contribution in [0, 0.1) is 19.7 Å². The third kappa shape index (κ3) is 1.69. The Kier molecular flexibility index (Phi) is 3.02. The van der Waals surface area contributed by atoms with Crippen LogP contribution in [0.5, 0.6) is 0 Å². The molecular weight excluding hydrogens is 287 g/mol. The van der Waals surface area contributed by atoms with Crippen molar-refractivity contribution in [1.29, 1.82) is 0 Å². The van der Waals surface area contributed by atoms with Gasteiger partial charge in [0.1, 0.15) is 5.82 Å². The SMILES string of the molecule is Cc1cc(Br)c(C)c(C2(C(=O)O)CCC2)c1F. The minimum atomic E-state index is -1.01. The van der Waals surface area contributed by atoms with Crippen molar-refractivity contribution in [2.45, 2.75) is 38.5 Å². The first-order valence-corrected chi connectivity index (χ1v) is 6.38. The highest BCUT2D eigenvalue weighted by Gasteiger charge is 2.48. The zero-order chi connectivity index (χ0) is 12.8. The fourth-order valence-corrected chi connectivity index (χ4v) is 3.05. The molecule has 0 bridgehead atoms. The highest BCUT2D eigenvalue weighted by atomic mass is 79.9. The molecule has 0 saturated heterocycles. The maximum atomic E-state index is 14.2. The molecule has 0 aromatic heterocycles. The van der Waals surface area contributed by atoms with Crippen LogP contribution in [-0.2, 0) is 10.2 Å². The molecule has 2 rings (SSSR count). The predicted molar refractivity (Wildman–Crippen MR) is 66.7 cm³/mol. The Morgan fingerprint density at radius 3 is 2.47 bits per heavy atom. The van der Waals surface area contributed by atoms with Crippen LogP contribution in [0.1, 0.15) is 36.0 Å². The summed E-state index contributed by atoms with van der Waals surface area (Å²) in [5.74, 6) is -1.28. The molecule has 4 heteroatoms. The van der Waals surface area contributed by atoms with Gasteiger partial charge in [0, 0.05) is 10.0 Å². The number of carboxylic acids is 1. The molecule has 1 N–H and O–H groups in total. The highest BCUT2D eigenvalue weighted by molar-refractivity contribution is 9.10. The van der Waals surface area contributed by atoms with E-state index in [4.69, 9.17) is 0 Å². The van der Waals surface area contributed by atoms with Crippen LogP contribution in [0.4, 0.5) is 4.39 Å². The van der Waals surface area contributed by atoms with Crippen LogP contribution in [-0.4, -0.2) is 11.1 Å². The fourth-order valence-electron chi connectivity index (χ4n) is 2.51. The molecule has 1 saturated carbocycles. The van der Waals surface area contributed by atoms with E-state index in [2.05, 4.69) is 15.9 Å². The summed E-state index contributed by atoms with van der Waals surface area (Å²) in [7, 11) is 0. The maximum Gasteiger partial charge on any atom is 0.314 e. The summed E-state index contributed by atoms with van der Waals surface area (Å²) in [4.78, 5) is 11.4. The molecule has 17 heavy (non-hydrogen) atoms. The summed E-state index contributed by atoms with van der Waals surface area (Å²) >= 11 is 3.37. The van der Waals surface area contributed by atoms with E-state index in [0.29, 0.717) is 29.5 Å². The molecule has 1 aromatic rings. The van der Waals surface area contributed by atoms with Gasteiger partial charge in [-0.15, -0.1) is 0 Å². The average Bonchev–Trinajstić information content (AvgIpc) is 2.18. The van der Waals surface area contributed by atoms with Gasteiger partial charge < -0.3 is 5.11 Å². The van der Waals surface area contributed by atoms with E-state index in [9.17, 15) is 14.3 Å². The van der Waals surface area contributed by atoms with Crippen LogP contribution in [0.15, 0.2) is 10.5 Å². The van der Waals surface area contributed by atoms with Crippen LogP contribution >= 0.6 is 15.9 Å². The van der Waals surface area contributed by atoms with Gasteiger partial charge in [0.15, 0.2) is 0 Å². The zero-order valence-corrected chi connectivity index (χ0v) is 11.4. The van der Waals surface area contributed by atoms with Gasteiger partial charge in [-0.3, -0.25) is 4.79 Å². The summed E-state index contributed by atoms with van der Waals surface area (Å²) in [6.45, 7) is 3.43. The van der Waals surface area contributed by atoms with E-state index in [1.807, 2.05) is 0 Å². The van der Waals surface area contributed by atoms with Crippen molar-refractivity contribution in [2.75, 3.05) is 0 Å². The molecule has 2 nitrogen and oxygen atoms in total. The Morgan fingerprint density at radius 2 is 2.06 bits per heavy atom. The Morgan fingerprint density at radius 1 is 1.47 bits per heavy atom. The van der Waals surface area contributed by atoms with Crippen LogP contribution in [0.2, 0.25) is 0 Å². The van der Waals surface area contributed by atoms with Crippen molar-refractivity contribution >= 4 is 21.9 Å². The Bertz CT molecular complexity index is 466. The minimum Gasteiger partial charge on any atom is -0.481 e. The van der Waals surface area contributed by atoms with Gasteiger partial charge in [0.2, 0.25) is 0 Å². The second kappa shape index (κ2) is 4.09. The van der Waals surface area contributed by atoms with Crippen LogP contribution < -0.4 is 0 Å². The zero-order valence-electron chi connectivity index (χ0n) is 9.81. The lowest BCUT2D eigenvalue weighted by Crippen LogP contribution is -2.43. The van der Waals surface area contributed by atoms with Gasteiger partial charge in [0.05, 0.1) is 5.41 Å². The predicted octanol–water partition coefficient (Wildman–Crippen LogP) is 3.71. The Labute approximate surface area is 108 Å². The van der Waals surface area contributed by atoms with E-state index in [0.717, 1.165) is 10.9 Å². The number of carbonyl (C=O) groups is 1. The van der Waals surface area contributed by atoms with E-state index in [1.165, 1.54) is 0 Å². The summed E-state index contributed by atoms with van der Waals surface area (Å²) < 4.78 is 15.0. The molecule has 0 atom stereocenters. The Balaban J connectivity index is 2.70. The number of carboxylic acid groups (broad SMARTS) is 1. The molecule has 0 amide bonds. The van der Waals surface area contributed by atoms with Crippen molar-refractivity contribution < 1.29 is 14.3 Å². The highest BCUT2D eigenvalue weighted by Crippen LogP contribution is 2.47. The first-order chi connectivity index (χ1) is 7.90.